The molecule has 5 rings (SSSR count). The fraction of sp³-hybridized carbons (Fsp3) is 0.926. The van der Waals surface area contributed by atoms with Crippen LogP contribution in [-0.4, -0.2) is 68.6 Å². The molecule has 2 aliphatic heterocycles. The van der Waals surface area contributed by atoms with E-state index in [9.17, 15) is 0 Å². The molecule has 0 aromatic carbocycles. The van der Waals surface area contributed by atoms with Crippen LogP contribution in [0.4, 0.5) is 0 Å². The van der Waals surface area contributed by atoms with Gasteiger partial charge in [0.2, 0.25) is 0 Å². The molecule has 4 heteroatoms. The van der Waals surface area contributed by atoms with Crippen molar-refractivity contribution in [3.63, 3.8) is 0 Å². The largest absolute Gasteiger partial charge is 0.352 e. The smallest absolute Gasteiger partial charge is 0.160 e. The van der Waals surface area contributed by atoms with E-state index in [0.717, 1.165) is 6.61 Å². The zero-order valence-electron chi connectivity index (χ0n) is 20.4. The van der Waals surface area contributed by atoms with Crippen LogP contribution < -0.4 is 0 Å². The lowest BCUT2D eigenvalue weighted by Crippen LogP contribution is -2.62. The SMILES string of the molecule is C=C1CCC2[C@]3(C)CO[C@@H](C4CCCC4)O[C@@H]3CC[C@@]2(C)[C@@H]1CCN1CCN(C)CC1. The van der Waals surface area contributed by atoms with Crippen LogP contribution in [0, 0.1) is 28.6 Å². The van der Waals surface area contributed by atoms with Crippen molar-refractivity contribution in [1.82, 2.24) is 9.80 Å². The third kappa shape index (κ3) is 4.05. The number of rotatable bonds is 4. The number of allylic oxidation sites excluding steroid dienone is 1. The number of hydrogen-bond acceptors (Lipinski definition) is 4. The van der Waals surface area contributed by atoms with Crippen LogP contribution in [0.15, 0.2) is 12.2 Å². The Hall–Kier alpha value is -0.420. The van der Waals surface area contributed by atoms with E-state index in [0.29, 0.717) is 29.3 Å². The minimum Gasteiger partial charge on any atom is -0.352 e. The molecule has 2 saturated heterocycles. The second-order valence-electron chi connectivity index (χ2n) is 12.1. The molecule has 0 aromatic rings. The van der Waals surface area contributed by atoms with E-state index in [1.807, 2.05) is 0 Å². The first-order valence-corrected chi connectivity index (χ1v) is 13.3. The molecular weight excluding hydrogens is 384 g/mol. The fourth-order valence-corrected chi connectivity index (χ4v) is 8.24. The molecule has 0 radical (unpaired) electrons. The Morgan fingerprint density at radius 1 is 1.00 bits per heavy atom. The highest BCUT2D eigenvalue weighted by atomic mass is 16.7. The predicted molar refractivity (Wildman–Crippen MR) is 126 cm³/mol. The molecule has 1 unspecified atom stereocenters. The highest BCUT2D eigenvalue weighted by molar-refractivity contribution is 5.18. The highest BCUT2D eigenvalue weighted by Gasteiger charge is 2.60. The van der Waals surface area contributed by atoms with E-state index in [2.05, 4.69) is 37.3 Å². The molecule has 0 N–H and O–H groups in total. The van der Waals surface area contributed by atoms with Crippen LogP contribution in [-0.2, 0) is 9.47 Å². The summed E-state index contributed by atoms with van der Waals surface area (Å²) in [5.41, 5.74) is 2.03. The number of likely N-dealkylation sites (N-methyl/N-ethyl adjacent to an activating group) is 1. The molecule has 5 fully saturated rings. The standard InChI is InChI=1S/C27H46N2O2/c1-20-9-10-23-26(2,22(20)12-14-29-17-15-28(4)16-18-29)13-11-24-27(23,3)19-30-25(31-24)21-7-5-6-8-21/h21-25H,1,5-19H2,2-4H3/t22-,23?,24-,25-,26+,27+/m1/s1. The molecule has 2 heterocycles. The molecule has 3 aliphatic carbocycles. The van der Waals surface area contributed by atoms with Gasteiger partial charge in [0, 0.05) is 37.5 Å². The number of fused-ring (bicyclic) bond motifs is 3. The average molecular weight is 431 g/mol. The zero-order chi connectivity index (χ0) is 21.6. The minimum atomic E-state index is 0.0662. The van der Waals surface area contributed by atoms with Gasteiger partial charge in [-0.15, -0.1) is 0 Å². The van der Waals surface area contributed by atoms with Gasteiger partial charge in [-0.2, -0.15) is 0 Å². The Bertz CT molecular complexity index is 654. The first-order chi connectivity index (χ1) is 14.9. The number of nitrogens with zero attached hydrogens (tertiary/aromatic N) is 2. The summed E-state index contributed by atoms with van der Waals surface area (Å²) in [7, 11) is 2.25. The van der Waals surface area contributed by atoms with Crippen molar-refractivity contribution in [2.24, 2.45) is 28.6 Å². The first-order valence-electron chi connectivity index (χ1n) is 13.3. The van der Waals surface area contributed by atoms with Crippen LogP contribution in [0.25, 0.3) is 0 Å². The second-order valence-corrected chi connectivity index (χ2v) is 12.1. The minimum absolute atomic E-state index is 0.0662. The van der Waals surface area contributed by atoms with Crippen molar-refractivity contribution in [3.05, 3.63) is 12.2 Å². The van der Waals surface area contributed by atoms with Gasteiger partial charge >= 0.3 is 0 Å². The number of piperazine rings is 1. The Morgan fingerprint density at radius 2 is 1.74 bits per heavy atom. The van der Waals surface area contributed by atoms with Crippen molar-refractivity contribution in [1.29, 1.82) is 0 Å². The van der Waals surface area contributed by atoms with Gasteiger partial charge in [0.1, 0.15) is 0 Å². The monoisotopic (exact) mass is 430 g/mol. The summed E-state index contributed by atoms with van der Waals surface area (Å²) in [6.07, 6.45) is 12.0. The van der Waals surface area contributed by atoms with Crippen LogP contribution in [0.1, 0.15) is 71.6 Å². The third-order valence-electron chi connectivity index (χ3n) is 10.3. The molecule has 0 aromatic heterocycles. The summed E-state index contributed by atoms with van der Waals surface area (Å²) in [5.74, 6) is 1.97. The second kappa shape index (κ2) is 8.74. The Balaban J connectivity index is 1.28. The van der Waals surface area contributed by atoms with E-state index in [1.54, 1.807) is 0 Å². The molecular formula is C27H46N2O2. The number of ether oxygens (including phenoxy) is 2. The van der Waals surface area contributed by atoms with Gasteiger partial charge in [-0.25, -0.2) is 0 Å². The Labute approximate surface area is 190 Å². The molecule has 6 atom stereocenters. The van der Waals surface area contributed by atoms with Crippen LogP contribution in [0.5, 0.6) is 0 Å². The van der Waals surface area contributed by atoms with E-state index in [1.165, 1.54) is 96.1 Å². The molecule has 0 spiro atoms. The van der Waals surface area contributed by atoms with Crippen LogP contribution in [0.2, 0.25) is 0 Å². The normalized spacial score (nSPS) is 45.5. The van der Waals surface area contributed by atoms with E-state index in [4.69, 9.17) is 9.47 Å². The van der Waals surface area contributed by atoms with E-state index < -0.39 is 0 Å². The van der Waals surface area contributed by atoms with Gasteiger partial charge < -0.3 is 19.3 Å². The topological polar surface area (TPSA) is 24.9 Å². The van der Waals surface area contributed by atoms with Crippen molar-refractivity contribution >= 4 is 0 Å². The quantitative estimate of drug-likeness (QED) is 0.590. The maximum atomic E-state index is 6.74. The van der Waals surface area contributed by atoms with E-state index >= 15 is 0 Å². The van der Waals surface area contributed by atoms with Crippen molar-refractivity contribution < 1.29 is 9.47 Å². The third-order valence-corrected chi connectivity index (χ3v) is 10.3. The van der Waals surface area contributed by atoms with Crippen molar-refractivity contribution in [3.8, 4) is 0 Å². The zero-order valence-corrected chi connectivity index (χ0v) is 20.4. The summed E-state index contributed by atoms with van der Waals surface area (Å²) < 4.78 is 13.2. The van der Waals surface area contributed by atoms with Crippen LogP contribution in [0.3, 0.4) is 0 Å². The molecule has 4 nitrogen and oxygen atoms in total. The van der Waals surface area contributed by atoms with Crippen molar-refractivity contribution in [2.75, 3.05) is 46.4 Å². The Morgan fingerprint density at radius 3 is 2.48 bits per heavy atom. The summed E-state index contributed by atoms with van der Waals surface area (Å²) in [4.78, 5) is 5.14. The maximum Gasteiger partial charge on any atom is 0.160 e. The summed E-state index contributed by atoms with van der Waals surface area (Å²) in [6.45, 7) is 16.7. The Kier molecular flexibility index (Phi) is 6.31. The van der Waals surface area contributed by atoms with E-state index in [-0.39, 0.29) is 11.7 Å². The van der Waals surface area contributed by atoms with Gasteiger partial charge in [0.25, 0.3) is 0 Å². The van der Waals surface area contributed by atoms with Gasteiger partial charge in [0.15, 0.2) is 6.29 Å². The summed E-state index contributed by atoms with van der Waals surface area (Å²) in [6, 6.07) is 0. The number of hydrogen-bond donors (Lipinski definition) is 0. The molecule has 0 amide bonds. The fourth-order valence-electron chi connectivity index (χ4n) is 8.24. The first kappa shape index (κ1) is 22.4. The predicted octanol–water partition coefficient (Wildman–Crippen LogP) is 4.94. The van der Waals surface area contributed by atoms with Crippen LogP contribution >= 0.6 is 0 Å². The van der Waals surface area contributed by atoms with Gasteiger partial charge in [-0.05, 0) is 75.8 Å². The molecule has 5 aliphatic rings. The van der Waals surface area contributed by atoms with Crippen molar-refractivity contribution in [2.45, 2.75) is 84.0 Å². The lowest BCUT2D eigenvalue weighted by molar-refractivity contribution is -0.316. The molecule has 3 saturated carbocycles. The molecule has 176 valence electrons. The summed E-state index contributed by atoms with van der Waals surface area (Å²) in [5, 5.41) is 0. The molecule has 0 bridgehead atoms. The maximum absolute atomic E-state index is 6.74. The van der Waals surface area contributed by atoms with Gasteiger partial charge in [-0.3, -0.25) is 0 Å². The lowest BCUT2D eigenvalue weighted by Gasteiger charge is -2.63. The van der Waals surface area contributed by atoms with Gasteiger partial charge in [0.05, 0.1) is 12.7 Å². The molecule has 31 heavy (non-hydrogen) atoms. The average Bonchev–Trinajstić information content (AvgIpc) is 3.29. The van der Waals surface area contributed by atoms with Gasteiger partial charge in [-0.1, -0.05) is 38.8 Å². The summed E-state index contributed by atoms with van der Waals surface area (Å²) >= 11 is 0. The highest BCUT2D eigenvalue weighted by Crippen LogP contribution is 2.63. The lowest BCUT2D eigenvalue weighted by atomic mass is 9.46.